The van der Waals surface area contributed by atoms with Gasteiger partial charge in [-0.3, -0.25) is 18.7 Å². The molecular weight excluding hydrogens is 408 g/mol. The lowest BCUT2D eigenvalue weighted by atomic mass is 10.1. The second-order valence-corrected chi connectivity index (χ2v) is 8.29. The highest BCUT2D eigenvalue weighted by Gasteiger charge is 2.14. The lowest BCUT2D eigenvalue weighted by molar-refractivity contribution is -0.121. The monoisotopic (exact) mass is 430 g/mol. The zero-order chi connectivity index (χ0) is 21.9. The van der Waals surface area contributed by atoms with E-state index in [-0.39, 0.29) is 29.5 Å². The van der Waals surface area contributed by atoms with Gasteiger partial charge in [0.1, 0.15) is 6.54 Å². The topological polar surface area (TPSA) is 133 Å². The van der Waals surface area contributed by atoms with Crippen LogP contribution in [-0.4, -0.2) is 30.0 Å². The lowest BCUT2D eigenvalue weighted by Gasteiger charge is -2.13. The van der Waals surface area contributed by atoms with Crippen LogP contribution in [-0.2, 0) is 34.3 Å². The van der Waals surface area contributed by atoms with Gasteiger partial charge in [0.2, 0.25) is 15.9 Å². The molecule has 0 fully saturated rings. The third kappa shape index (κ3) is 4.50. The summed E-state index contributed by atoms with van der Waals surface area (Å²) in [6, 6.07) is 12.7. The summed E-state index contributed by atoms with van der Waals surface area (Å²) in [7, 11) is -3.75. The third-order valence-corrected chi connectivity index (χ3v) is 5.67. The number of fused-ring (bicyclic) bond motifs is 1. The van der Waals surface area contributed by atoms with Crippen LogP contribution in [0.25, 0.3) is 10.9 Å². The molecule has 0 aliphatic rings. The molecule has 1 aromatic heterocycles. The average molecular weight is 430 g/mol. The number of carbonyl (C=O) groups excluding carboxylic acids is 1. The molecule has 3 aromatic rings. The van der Waals surface area contributed by atoms with E-state index in [1.807, 2.05) is 0 Å². The van der Waals surface area contributed by atoms with E-state index in [0.29, 0.717) is 23.9 Å². The Morgan fingerprint density at radius 1 is 1.03 bits per heavy atom. The molecule has 0 aliphatic carbocycles. The van der Waals surface area contributed by atoms with E-state index in [4.69, 9.17) is 5.14 Å². The number of amides is 1. The van der Waals surface area contributed by atoms with E-state index in [1.54, 1.807) is 43.3 Å². The number of hydrogen-bond donors (Lipinski definition) is 2. The number of para-hydroxylation sites is 1. The summed E-state index contributed by atoms with van der Waals surface area (Å²) in [6.45, 7) is 1.99. The van der Waals surface area contributed by atoms with Gasteiger partial charge in [0.25, 0.3) is 5.56 Å². The minimum Gasteiger partial charge on any atom is -0.354 e. The summed E-state index contributed by atoms with van der Waals surface area (Å²) in [5.41, 5.74) is 0.323. The van der Waals surface area contributed by atoms with E-state index in [9.17, 15) is 22.8 Å². The SMILES string of the molecule is CCn1c(=O)c2ccccc2n(CC(=O)NCCc2ccc(S(N)(=O)=O)cc2)c1=O. The fraction of sp³-hybridized carbons (Fsp3) is 0.250. The summed E-state index contributed by atoms with van der Waals surface area (Å²) in [4.78, 5) is 37.5. The molecule has 30 heavy (non-hydrogen) atoms. The largest absolute Gasteiger partial charge is 0.354 e. The second-order valence-electron chi connectivity index (χ2n) is 6.72. The molecule has 0 radical (unpaired) electrons. The van der Waals surface area contributed by atoms with Crippen LogP contribution in [0.1, 0.15) is 12.5 Å². The van der Waals surface area contributed by atoms with E-state index >= 15 is 0 Å². The molecule has 0 atom stereocenters. The zero-order valence-corrected chi connectivity index (χ0v) is 17.2. The van der Waals surface area contributed by atoms with Crippen LogP contribution in [0.15, 0.2) is 63.0 Å². The van der Waals surface area contributed by atoms with Gasteiger partial charge >= 0.3 is 5.69 Å². The molecule has 158 valence electrons. The fourth-order valence-corrected chi connectivity index (χ4v) is 3.71. The number of aromatic nitrogens is 2. The Labute approximate surface area is 172 Å². The van der Waals surface area contributed by atoms with Crippen molar-refractivity contribution in [2.75, 3.05) is 6.54 Å². The number of rotatable bonds is 7. The van der Waals surface area contributed by atoms with Crippen molar-refractivity contribution in [3.05, 3.63) is 74.9 Å². The van der Waals surface area contributed by atoms with Crippen LogP contribution in [0.5, 0.6) is 0 Å². The van der Waals surface area contributed by atoms with Crippen molar-refractivity contribution in [3.8, 4) is 0 Å². The van der Waals surface area contributed by atoms with Crippen molar-refractivity contribution < 1.29 is 13.2 Å². The summed E-state index contributed by atoms with van der Waals surface area (Å²) in [5, 5.41) is 8.18. The molecule has 0 bridgehead atoms. The predicted octanol–water partition coefficient (Wildman–Crippen LogP) is 0.189. The van der Waals surface area contributed by atoms with E-state index < -0.39 is 15.7 Å². The zero-order valence-electron chi connectivity index (χ0n) is 16.4. The number of nitrogens with zero attached hydrogens (tertiary/aromatic N) is 2. The highest BCUT2D eigenvalue weighted by molar-refractivity contribution is 7.89. The van der Waals surface area contributed by atoms with Crippen molar-refractivity contribution in [1.29, 1.82) is 0 Å². The summed E-state index contributed by atoms with van der Waals surface area (Å²) in [5.74, 6) is -0.371. The smallest absolute Gasteiger partial charge is 0.331 e. The number of nitrogens with two attached hydrogens (primary N) is 1. The van der Waals surface area contributed by atoms with E-state index in [0.717, 1.165) is 10.1 Å². The number of primary sulfonamides is 1. The Bertz CT molecular complexity index is 1310. The van der Waals surface area contributed by atoms with E-state index in [1.165, 1.54) is 16.7 Å². The first-order valence-corrected chi connectivity index (χ1v) is 10.9. The van der Waals surface area contributed by atoms with Gasteiger partial charge in [-0.05, 0) is 43.2 Å². The van der Waals surface area contributed by atoms with Gasteiger partial charge in [-0.25, -0.2) is 18.4 Å². The molecule has 3 rings (SSSR count). The molecule has 0 spiro atoms. The van der Waals surface area contributed by atoms with Gasteiger partial charge in [0, 0.05) is 13.1 Å². The normalized spacial score (nSPS) is 11.5. The highest BCUT2D eigenvalue weighted by atomic mass is 32.2. The maximum absolute atomic E-state index is 12.7. The number of nitrogens with one attached hydrogen (secondary N) is 1. The molecule has 1 heterocycles. The van der Waals surface area contributed by atoms with Crippen LogP contribution < -0.4 is 21.7 Å². The molecule has 0 unspecified atom stereocenters. The van der Waals surface area contributed by atoms with Crippen LogP contribution in [0.4, 0.5) is 0 Å². The second kappa shape index (κ2) is 8.64. The van der Waals surface area contributed by atoms with Crippen LogP contribution in [0.3, 0.4) is 0 Å². The molecule has 9 nitrogen and oxygen atoms in total. The van der Waals surface area contributed by atoms with Crippen molar-refractivity contribution in [2.24, 2.45) is 5.14 Å². The van der Waals surface area contributed by atoms with Gasteiger partial charge < -0.3 is 5.32 Å². The van der Waals surface area contributed by atoms with Crippen LogP contribution in [0.2, 0.25) is 0 Å². The number of sulfonamides is 1. The molecule has 0 saturated carbocycles. The quantitative estimate of drug-likeness (QED) is 0.552. The Morgan fingerprint density at radius 3 is 2.33 bits per heavy atom. The standard InChI is InChI=1S/C20H22N4O5S/c1-2-23-19(26)16-5-3-4-6-17(16)24(20(23)27)13-18(25)22-12-11-14-7-9-15(10-8-14)30(21,28)29/h3-10H,2,11-13H2,1H3,(H,22,25)(H2,21,28,29). The molecule has 0 aliphatic heterocycles. The first kappa shape index (κ1) is 21.5. The van der Waals surface area contributed by atoms with Crippen molar-refractivity contribution >= 4 is 26.8 Å². The predicted molar refractivity (Wildman–Crippen MR) is 113 cm³/mol. The Kier molecular flexibility index (Phi) is 6.18. The van der Waals surface area contributed by atoms with Crippen LogP contribution in [0, 0.1) is 0 Å². The van der Waals surface area contributed by atoms with Gasteiger partial charge in [-0.1, -0.05) is 24.3 Å². The minimum atomic E-state index is -3.75. The average Bonchev–Trinajstić information content (AvgIpc) is 2.71. The Morgan fingerprint density at radius 2 is 1.70 bits per heavy atom. The molecule has 0 saturated heterocycles. The maximum atomic E-state index is 12.7. The lowest BCUT2D eigenvalue weighted by Crippen LogP contribution is -2.42. The first-order valence-electron chi connectivity index (χ1n) is 9.33. The van der Waals surface area contributed by atoms with Gasteiger partial charge in [0.05, 0.1) is 15.8 Å². The van der Waals surface area contributed by atoms with Gasteiger partial charge in [-0.2, -0.15) is 0 Å². The summed E-state index contributed by atoms with van der Waals surface area (Å²) >= 11 is 0. The summed E-state index contributed by atoms with van der Waals surface area (Å²) < 4.78 is 24.9. The van der Waals surface area contributed by atoms with Crippen molar-refractivity contribution in [3.63, 3.8) is 0 Å². The minimum absolute atomic E-state index is 0.0209. The Balaban J connectivity index is 1.72. The number of carbonyl (C=O) groups is 1. The fourth-order valence-electron chi connectivity index (χ4n) is 3.19. The highest BCUT2D eigenvalue weighted by Crippen LogP contribution is 2.09. The van der Waals surface area contributed by atoms with E-state index in [2.05, 4.69) is 5.32 Å². The van der Waals surface area contributed by atoms with Gasteiger partial charge in [-0.15, -0.1) is 0 Å². The molecule has 3 N–H and O–H groups in total. The molecule has 1 amide bonds. The third-order valence-electron chi connectivity index (χ3n) is 4.74. The van der Waals surface area contributed by atoms with Crippen molar-refractivity contribution in [2.45, 2.75) is 31.3 Å². The number of benzene rings is 2. The number of hydrogen-bond acceptors (Lipinski definition) is 5. The maximum Gasteiger partial charge on any atom is 0.331 e. The summed E-state index contributed by atoms with van der Waals surface area (Å²) in [6.07, 6.45) is 0.473. The van der Waals surface area contributed by atoms with Gasteiger partial charge in [0.15, 0.2) is 0 Å². The molecule has 2 aromatic carbocycles. The van der Waals surface area contributed by atoms with Crippen molar-refractivity contribution in [1.82, 2.24) is 14.5 Å². The first-order chi connectivity index (χ1) is 14.2. The van der Waals surface area contributed by atoms with Crippen LogP contribution >= 0.6 is 0 Å². The molecule has 10 heteroatoms. The molecular formula is C20H22N4O5S. The Hall–Kier alpha value is -3.24.